The summed E-state index contributed by atoms with van der Waals surface area (Å²) in [5.41, 5.74) is 2.55. The van der Waals surface area contributed by atoms with E-state index in [9.17, 15) is 9.18 Å². The third-order valence-electron chi connectivity index (χ3n) is 3.59. The lowest BCUT2D eigenvalue weighted by Gasteiger charge is -2.15. The second-order valence-corrected chi connectivity index (χ2v) is 5.22. The van der Waals surface area contributed by atoms with Crippen molar-refractivity contribution in [2.45, 2.75) is 26.3 Å². The van der Waals surface area contributed by atoms with E-state index in [4.69, 9.17) is 0 Å². The van der Waals surface area contributed by atoms with Crippen molar-refractivity contribution < 1.29 is 9.18 Å². The van der Waals surface area contributed by atoms with E-state index < -0.39 is 0 Å². The first-order valence-corrected chi connectivity index (χ1v) is 7.46. The molecule has 0 aliphatic carbocycles. The van der Waals surface area contributed by atoms with E-state index in [1.165, 1.54) is 11.6 Å². The molecule has 2 aromatic rings. The zero-order valence-electron chi connectivity index (χ0n) is 12.9. The largest absolute Gasteiger partial charge is 0.325 e. The minimum Gasteiger partial charge on any atom is -0.325 e. The summed E-state index contributed by atoms with van der Waals surface area (Å²) in [6.07, 6.45) is 0.968. The molecule has 4 heteroatoms. The number of aryl methyl sites for hydroxylation is 1. The minimum atomic E-state index is -0.266. The van der Waals surface area contributed by atoms with Crippen LogP contribution in [0.5, 0.6) is 0 Å². The molecule has 116 valence electrons. The van der Waals surface area contributed by atoms with Crippen LogP contribution in [0.2, 0.25) is 0 Å². The molecule has 0 spiro atoms. The summed E-state index contributed by atoms with van der Waals surface area (Å²) in [6.45, 7) is 4.05. The number of nitrogens with one attached hydrogen (secondary N) is 2. The van der Waals surface area contributed by atoms with E-state index >= 15 is 0 Å². The van der Waals surface area contributed by atoms with Gasteiger partial charge in [0, 0.05) is 17.3 Å². The van der Waals surface area contributed by atoms with Crippen molar-refractivity contribution >= 4 is 11.6 Å². The van der Waals surface area contributed by atoms with E-state index in [-0.39, 0.29) is 24.3 Å². The first-order valence-electron chi connectivity index (χ1n) is 7.46. The summed E-state index contributed by atoms with van der Waals surface area (Å²) < 4.78 is 13.6. The van der Waals surface area contributed by atoms with Gasteiger partial charge in [0.2, 0.25) is 5.91 Å². The number of anilines is 1. The van der Waals surface area contributed by atoms with Crippen LogP contribution in [-0.4, -0.2) is 12.5 Å². The molecule has 0 aliphatic rings. The van der Waals surface area contributed by atoms with Crippen molar-refractivity contribution in [2.24, 2.45) is 0 Å². The number of hydrogen-bond acceptors (Lipinski definition) is 2. The molecule has 0 bridgehead atoms. The number of hydrogen-bond donors (Lipinski definition) is 2. The zero-order valence-corrected chi connectivity index (χ0v) is 12.9. The molecule has 0 radical (unpaired) electrons. The Morgan fingerprint density at radius 1 is 1.14 bits per heavy atom. The first kappa shape index (κ1) is 16.2. The average molecular weight is 300 g/mol. The van der Waals surface area contributed by atoms with Gasteiger partial charge in [-0.25, -0.2) is 4.39 Å². The highest BCUT2D eigenvalue weighted by atomic mass is 19.1. The summed E-state index contributed by atoms with van der Waals surface area (Å²) in [5, 5.41) is 5.85. The van der Waals surface area contributed by atoms with E-state index in [1.807, 2.05) is 31.2 Å². The first-order chi connectivity index (χ1) is 10.6. The highest BCUT2D eigenvalue weighted by Crippen LogP contribution is 2.15. The van der Waals surface area contributed by atoms with Crippen LogP contribution >= 0.6 is 0 Å². The van der Waals surface area contributed by atoms with Crippen LogP contribution in [0.3, 0.4) is 0 Å². The summed E-state index contributed by atoms with van der Waals surface area (Å²) in [5.74, 6) is -0.412. The van der Waals surface area contributed by atoms with Gasteiger partial charge in [-0.3, -0.25) is 4.79 Å². The van der Waals surface area contributed by atoms with Gasteiger partial charge >= 0.3 is 0 Å². The maximum atomic E-state index is 13.6. The molecule has 0 saturated heterocycles. The maximum Gasteiger partial charge on any atom is 0.238 e. The molecular weight excluding hydrogens is 279 g/mol. The Balaban J connectivity index is 1.85. The standard InChI is InChI=1S/C18H21FN2O/c1-3-14-8-10-15(11-9-14)21-18(22)12-20-13(2)16-6-4-5-7-17(16)19/h4-11,13,20H,3,12H2,1-2H3,(H,21,22). The van der Waals surface area contributed by atoms with Crippen LogP contribution in [0.4, 0.5) is 10.1 Å². The average Bonchev–Trinajstić information content (AvgIpc) is 2.54. The Bertz CT molecular complexity index is 625. The molecule has 3 nitrogen and oxygen atoms in total. The van der Waals surface area contributed by atoms with Gasteiger partial charge in [0.15, 0.2) is 0 Å². The Morgan fingerprint density at radius 3 is 2.45 bits per heavy atom. The number of carbonyl (C=O) groups is 1. The van der Waals surface area contributed by atoms with Crippen molar-refractivity contribution in [1.82, 2.24) is 5.32 Å². The highest BCUT2D eigenvalue weighted by Gasteiger charge is 2.11. The van der Waals surface area contributed by atoms with Crippen LogP contribution in [-0.2, 0) is 11.2 Å². The summed E-state index contributed by atoms with van der Waals surface area (Å²) in [4.78, 5) is 11.9. The molecular formula is C18H21FN2O. The SMILES string of the molecule is CCc1ccc(NC(=O)CNC(C)c2ccccc2F)cc1. The van der Waals surface area contributed by atoms with E-state index in [1.54, 1.807) is 18.2 Å². The zero-order chi connectivity index (χ0) is 15.9. The molecule has 0 aromatic heterocycles. The Morgan fingerprint density at radius 2 is 1.82 bits per heavy atom. The summed E-state index contributed by atoms with van der Waals surface area (Å²) >= 11 is 0. The van der Waals surface area contributed by atoms with Crippen LogP contribution in [0.25, 0.3) is 0 Å². The van der Waals surface area contributed by atoms with Crippen LogP contribution in [0.1, 0.15) is 31.0 Å². The Hall–Kier alpha value is -2.20. The van der Waals surface area contributed by atoms with Gasteiger partial charge in [0.25, 0.3) is 0 Å². The smallest absolute Gasteiger partial charge is 0.238 e. The minimum absolute atomic E-state index is 0.130. The second kappa shape index (κ2) is 7.71. The van der Waals surface area contributed by atoms with E-state index in [0.29, 0.717) is 5.56 Å². The van der Waals surface area contributed by atoms with Crippen LogP contribution in [0.15, 0.2) is 48.5 Å². The van der Waals surface area contributed by atoms with Crippen molar-refractivity contribution in [3.63, 3.8) is 0 Å². The third-order valence-corrected chi connectivity index (χ3v) is 3.59. The molecule has 2 rings (SSSR count). The maximum absolute atomic E-state index is 13.6. The number of amides is 1. The van der Waals surface area contributed by atoms with Gasteiger partial charge in [-0.05, 0) is 37.1 Å². The number of carbonyl (C=O) groups excluding carboxylic acids is 1. The van der Waals surface area contributed by atoms with Gasteiger partial charge in [0.1, 0.15) is 5.82 Å². The molecule has 1 unspecified atom stereocenters. The van der Waals surface area contributed by atoms with Gasteiger partial charge in [0.05, 0.1) is 6.54 Å². The van der Waals surface area contributed by atoms with Gasteiger partial charge in [-0.15, -0.1) is 0 Å². The third kappa shape index (κ3) is 4.40. The molecule has 0 aliphatic heterocycles. The second-order valence-electron chi connectivity index (χ2n) is 5.22. The van der Waals surface area contributed by atoms with E-state index in [0.717, 1.165) is 12.1 Å². The quantitative estimate of drug-likeness (QED) is 0.854. The summed E-state index contributed by atoms with van der Waals surface area (Å²) in [7, 11) is 0. The fourth-order valence-electron chi connectivity index (χ4n) is 2.21. The molecule has 22 heavy (non-hydrogen) atoms. The molecule has 2 aromatic carbocycles. The van der Waals surface area contributed by atoms with Crippen molar-refractivity contribution in [3.8, 4) is 0 Å². The van der Waals surface area contributed by atoms with Gasteiger partial charge < -0.3 is 10.6 Å². The number of halogens is 1. The lowest BCUT2D eigenvalue weighted by molar-refractivity contribution is -0.115. The van der Waals surface area contributed by atoms with Crippen molar-refractivity contribution in [1.29, 1.82) is 0 Å². The molecule has 1 atom stereocenters. The van der Waals surface area contributed by atoms with E-state index in [2.05, 4.69) is 17.6 Å². The van der Waals surface area contributed by atoms with Crippen molar-refractivity contribution in [3.05, 3.63) is 65.5 Å². The van der Waals surface area contributed by atoms with Crippen LogP contribution < -0.4 is 10.6 Å². The fourth-order valence-corrected chi connectivity index (χ4v) is 2.21. The predicted octanol–water partition coefficient (Wildman–Crippen LogP) is 3.68. The highest BCUT2D eigenvalue weighted by molar-refractivity contribution is 5.92. The van der Waals surface area contributed by atoms with Crippen molar-refractivity contribution in [2.75, 3.05) is 11.9 Å². The Labute approximate surface area is 130 Å². The molecule has 0 heterocycles. The number of rotatable bonds is 6. The van der Waals surface area contributed by atoms with Gasteiger partial charge in [-0.2, -0.15) is 0 Å². The Kier molecular flexibility index (Phi) is 5.67. The molecule has 2 N–H and O–H groups in total. The summed E-state index contributed by atoms with van der Waals surface area (Å²) in [6, 6.07) is 14.1. The lowest BCUT2D eigenvalue weighted by atomic mass is 10.1. The predicted molar refractivity (Wildman–Crippen MR) is 87.3 cm³/mol. The van der Waals surface area contributed by atoms with Gasteiger partial charge in [-0.1, -0.05) is 37.3 Å². The van der Waals surface area contributed by atoms with Crippen LogP contribution in [0, 0.1) is 5.82 Å². The topological polar surface area (TPSA) is 41.1 Å². The normalized spacial score (nSPS) is 12.0. The number of benzene rings is 2. The molecule has 0 saturated carbocycles. The molecule has 1 amide bonds. The monoisotopic (exact) mass is 300 g/mol. The molecule has 0 fully saturated rings. The lowest BCUT2D eigenvalue weighted by Crippen LogP contribution is -2.30. The fraction of sp³-hybridized carbons (Fsp3) is 0.278.